The highest BCUT2D eigenvalue weighted by molar-refractivity contribution is 7.99. The number of fused-ring (bicyclic) bond motifs is 2. The van der Waals surface area contributed by atoms with Crippen molar-refractivity contribution in [2.75, 3.05) is 11.4 Å². The zero-order valence-electron chi connectivity index (χ0n) is 18.6. The Morgan fingerprint density at radius 3 is 2.21 bits per heavy atom. The van der Waals surface area contributed by atoms with E-state index < -0.39 is 0 Å². The van der Waals surface area contributed by atoms with Gasteiger partial charge in [0.25, 0.3) is 11.8 Å². The average molecular weight is 465 g/mol. The van der Waals surface area contributed by atoms with Gasteiger partial charge < -0.3 is 10.2 Å². The minimum atomic E-state index is -0.141. The molecule has 5 heteroatoms. The Kier molecular flexibility index (Phi) is 6.45. The Morgan fingerprint density at radius 1 is 0.765 bits per heavy atom. The molecule has 1 aliphatic heterocycles. The first-order valence-electron chi connectivity index (χ1n) is 11.3. The topological polar surface area (TPSA) is 49.4 Å². The molecule has 0 saturated carbocycles. The van der Waals surface area contributed by atoms with E-state index in [1.807, 2.05) is 91.0 Å². The van der Waals surface area contributed by atoms with Crippen LogP contribution >= 0.6 is 11.8 Å². The maximum Gasteiger partial charge on any atom is 0.259 e. The molecule has 0 radical (unpaired) electrons. The van der Waals surface area contributed by atoms with E-state index in [1.54, 1.807) is 16.7 Å². The van der Waals surface area contributed by atoms with Gasteiger partial charge in [-0.25, -0.2) is 0 Å². The van der Waals surface area contributed by atoms with Crippen LogP contribution in [-0.4, -0.2) is 18.4 Å². The number of carbonyl (C=O) groups is 2. The lowest BCUT2D eigenvalue weighted by Crippen LogP contribution is -2.31. The van der Waals surface area contributed by atoms with Crippen LogP contribution in [0.1, 0.15) is 31.8 Å². The van der Waals surface area contributed by atoms with Crippen molar-refractivity contribution in [3.8, 4) is 0 Å². The van der Waals surface area contributed by atoms with E-state index in [4.69, 9.17) is 0 Å². The normalized spacial score (nSPS) is 12.5. The highest BCUT2D eigenvalue weighted by Crippen LogP contribution is 2.42. The van der Waals surface area contributed by atoms with Gasteiger partial charge >= 0.3 is 0 Å². The molecular weight excluding hydrogens is 440 g/mol. The van der Waals surface area contributed by atoms with Crippen LogP contribution in [0.5, 0.6) is 0 Å². The van der Waals surface area contributed by atoms with Gasteiger partial charge in [-0.1, -0.05) is 84.6 Å². The van der Waals surface area contributed by atoms with Crippen LogP contribution in [0.25, 0.3) is 0 Å². The monoisotopic (exact) mass is 464 g/mol. The first-order chi connectivity index (χ1) is 16.7. The number of amides is 2. The van der Waals surface area contributed by atoms with Crippen LogP contribution in [0.15, 0.2) is 113 Å². The second-order valence-corrected chi connectivity index (χ2v) is 9.23. The van der Waals surface area contributed by atoms with Crippen molar-refractivity contribution >= 4 is 29.3 Å². The lowest BCUT2D eigenvalue weighted by molar-refractivity contribution is 0.0950. The molecule has 4 nitrogen and oxygen atoms in total. The third-order valence-electron chi connectivity index (χ3n) is 5.82. The average Bonchev–Trinajstić information content (AvgIpc) is 2.99. The summed E-state index contributed by atoms with van der Waals surface area (Å²) >= 11 is 1.56. The van der Waals surface area contributed by atoms with Gasteiger partial charge in [0.05, 0.1) is 17.8 Å². The molecule has 0 aromatic heterocycles. The summed E-state index contributed by atoms with van der Waals surface area (Å²) in [6.07, 6.45) is 0.765. The largest absolute Gasteiger partial charge is 0.352 e. The van der Waals surface area contributed by atoms with Gasteiger partial charge in [0.15, 0.2) is 0 Å². The maximum atomic E-state index is 13.6. The lowest BCUT2D eigenvalue weighted by atomic mass is 10.1. The molecule has 0 fully saturated rings. The van der Waals surface area contributed by atoms with Crippen LogP contribution in [0.3, 0.4) is 0 Å². The quantitative estimate of drug-likeness (QED) is 0.382. The zero-order valence-corrected chi connectivity index (χ0v) is 19.4. The SMILES string of the molecule is O=C(NCCc1ccccc1)c1ccc2c(c1)N(Cc1ccccc1)C(=O)c1ccccc1S2. The standard InChI is InChI=1S/C29H24N2O2S/c32-28(30-18-17-21-9-3-1-4-10-21)23-15-16-27-25(19-23)31(20-22-11-5-2-6-12-22)29(33)24-13-7-8-14-26(24)34-27/h1-16,19H,17-18,20H2,(H,30,32). The first-order valence-corrected chi connectivity index (χ1v) is 12.1. The van der Waals surface area contributed by atoms with Gasteiger partial charge in [0, 0.05) is 21.9 Å². The molecule has 0 atom stereocenters. The highest BCUT2D eigenvalue weighted by Gasteiger charge is 2.28. The van der Waals surface area contributed by atoms with Crippen molar-refractivity contribution in [2.24, 2.45) is 0 Å². The second kappa shape index (κ2) is 9.98. The van der Waals surface area contributed by atoms with Crippen molar-refractivity contribution in [3.63, 3.8) is 0 Å². The summed E-state index contributed by atoms with van der Waals surface area (Å²) in [5.41, 5.74) is 4.19. The minimum absolute atomic E-state index is 0.0626. The van der Waals surface area contributed by atoms with E-state index in [0.29, 0.717) is 24.2 Å². The molecule has 1 heterocycles. The summed E-state index contributed by atoms with van der Waals surface area (Å²) < 4.78 is 0. The predicted octanol–water partition coefficient (Wildman–Crippen LogP) is 5.97. The minimum Gasteiger partial charge on any atom is -0.352 e. The van der Waals surface area contributed by atoms with Crippen molar-refractivity contribution in [2.45, 2.75) is 22.8 Å². The fraction of sp³-hybridized carbons (Fsp3) is 0.103. The zero-order chi connectivity index (χ0) is 23.3. The molecule has 0 unspecified atom stereocenters. The highest BCUT2D eigenvalue weighted by atomic mass is 32.2. The molecule has 1 aliphatic rings. The molecule has 0 aliphatic carbocycles. The molecule has 168 valence electrons. The molecule has 0 bridgehead atoms. The summed E-state index contributed by atoms with van der Waals surface area (Å²) in [5.74, 6) is -0.204. The number of carbonyl (C=O) groups excluding carboxylic acids is 2. The summed E-state index contributed by atoms with van der Waals surface area (Å²) in [7, 11) is 0. The van der Waals surface area contributed by atoms with Gasteiger partial charge in [-0.05, 0) is 47.9 Å². The van der Waals surface area contributed by atoms with E-state index in [2.05, 4.69) is 17.4 Å². The van der Waals surface area contributed by atoms with Gasteiger partial charge in [-0.2, -0.15) is 0 Å². The third-order valence-corrected chi connectivity index (χ3v) is 6.96. The molecule has 1 N–H and O–H groups in total. The summed E-state index contributed by atoms with van der Waals surface area (Å²) in [4.78, 5) is 30.2. The lowest BCUT2D eigenvalue weighted by Gasteiger charge is -2.24. The van der Waals surface area contributed by atoms with Gasteiger partial charge in [-0.3, -0.25) is 9.59 Å². The van der Waals surface area contributed by atoms with E-state index >= 15 is 0 Å². The fourth-order valence-electron chi connectivity index (χ4n) is 4.05. The number of hydrogen-bond acceptors (Lipinski definition) is 3. The Labute approximate surface area is 203 Å². The predicted molar refractivity (Wildman–Crippen MR) is 136 cm³/mol. The van der Waals surface area contributed by atoms with Crippen LogP contribution in [0, 0.1) is 0 Å². The van der Waals surface area contributed by atoms with E-state index in [9.17, 15) is 9.59 Å². The molecule has 0 spiro atoms. The van der Waals surface area contributed by atoms with Crippen molar-refractivity contribution < 1.29 is 9.59 Å². The van der Waals surface area contributed by atoms with E-state index in [0.717, 1.165) is 27.5 Å². The van der Waals surface area contributed by atoms with Crippen LogP contribution in [0.2, 0.25) is 0 Å². The van der Waals surface area contributed by atoms with E-state index in [-0.39, 0.29) is 11.8 Å². The number of hydrogen-bond donors (Lipinski definition) is 1. The Morgan fingerprint density at radius 2 is 1.44 bits per heavy atom. The number of nitrogens with zero attached hydrogens (tertiary/aromatic N) is 1. The van der Waals surface area contributed by atoms with Crippen molar-refractivity contribution in [1.29, 1.82) is 0 Å². The number of rotatable bonds is 6. The van der Waals surface area contributed by atoms with Crippen LogP contribution in [0.4, 0.5) is 5.69 Å². The molecule has 34 heavy (non-hydrogen) atoms. The fourth-order valence-corrected chi connectivity index (χ4v) is 5.11. The van der Waals surface area contributed by atoms with Crippen LogP contribution in [-0.2, 0) is 13.0 Å². The Bertz CT molecular complexity index is 1320. The molecule has 4 aromatic rings. The summed E-state index contributed by atoms with van der Waals surface area (Å²) in [6.45, 7) is 0.980. The Balaban J connectivity index is 1.44. The van der Waals surface area contributed by atoms with Gasteiger partial charge in [0.2, 0.25) is 0 Å². The molecule has 5 rings (SSSR count). The van der Waals surface area contributed by atoms with Crippen molar-refractivity contribution in [1.82, 2.24) is 5.32 Å². The van der Waals surface area contributed by atoms with Gasteiger partial charge in [0.1, 0.15) is 0 Å². The number of anilines is 1. The molecule has 4 aromatic carbocycles. The second-order valence-electron chi connectivity index (χ2n) is 8.15. The first kappa shape index (κ1) is 22.0. The molecule has 0 saturated heterocycles. The third kappa shape index (κ3) is 4.75. The smallest absolute Gasteiger partial charge is 0.259 e. The number of nitrogens with one attached hydrogen (secondary N) is 1. The van der Waals surface area contributed by atoms with E-state index in [1.165, 1.54) is 5.56 Å². The van der Waals surface area contributed by atoms with Gasteiger partial charge in [-0.15, -0.1) is 0 Å². The Hall–Kier alpha value is -3.83. The number of benzene rings is 4. The molecular formula is C29H24N2O2S. The van der Waals surface area contributed by atoms with Crippen molar-refractivity contribution in [3.05, 3.63) is 125 Å². The van der Waals surface area contributed by atoms with Crippen LogP contribution < -0.4 is 10.2 Å². The maximum absolute atomic E-state index is 13.6. The molecule has 2 amide bonds. The summed E-state index contributed by atoms with van der Waals surface area (Å²) in [6, 6.07) is 33.3. The summed E-state index contributed by atoms with van der Waals surface area (Å²) in [5, 5.41) is 3.01.